The Morgan fingerprint density at radius 2 is 2.00 bits per heavy atom. The van der Waals surface area contributed by atoms with E-state index >= 15 is 0 Å². The Hall–Kier alpha value is -2.57. The highest BCUT2D eigenvalue weighted by atomic mass is 35.5. The summed E-state index contributed by atoms with van der Waals surface area (Å²) in [5, 5.41) is 9.17. The predicted octanol–water partition coefficient (Wildman–Crippen LogP) is 3.90. The van der Waals surface area contributed by atoms with Crippen LogP contribution in [0.4, 0.5) is 5.69 Å². The Balaban J connectivity index is 1.52. The van der Waals surface area contributed by atoms with Gasteiger partial charge in [0.15, 0.2) is 5.82 Å². The Kier molecular flexibility index (Phi) is 3.84. The number of fused-ring (bicyclic) bond motifs is 2. The molecule has 0 unspecified atom stereocenters. The van der Waals surface area contributed by atoms with E-state index in [0.29, 0.717) is 11.1 Å². The maximum absolute atomic E-state index is 6.07. The average Bonchev–Trinajstić information content (AvgIpc) is 3.26. The number of aromatic nitrogens is 4. The number of hydrogen-bond donors (Lipinski definition) is 2. The maximum Gasteiger partial charge on any atom is 0.159 e. The minimum atomic E-state index is 0.550. The van der Waals surface area contributed by atoms with Gasteiger partial charge >= 0.3 is 0 Å². The van der Waals surface area contributed by atoms with Crippen LogP contribution in [0.3, 0.4) is 0 Å². The minimum absolute atomic E-state index is 0.550. The van der Waals surface area contributed by atoms with Crippen LogP contribution in [-0.4, -0.2) is 57.8 Å². The Morgan fingerprint density at radius 3 is 2.85 bits per heavy atom. The summed E-state index contributed by atoms with van der Waals surface area (Å²) in [6.07, 6.45) is 0. The van der Waals surface area contributed by atoms with Gasteiger partial charge in [0, 0.05) is 41.8 Å². The first-order valence-electron chi connectivity index (χ1n) is 9.17. The quantitative estimate of drug-likeness (QED) is 0.553. The van der Waals surface area contributed by atoms with Crippen molar-refractivity contribution in [1.82, 2.24) is 25.1 Å². The highest BCUT2D eigenvalue weighted by molar-refractivity contribution is 6.31. The summed E-state index contributed by atoms with van der Waals surface area (Å²) in [6, 6.07) is 12.7. The van der Waals surface area contributed by atoms with Gasteiger partial charge in [0.25, 0.3) is 0 Å². The number of aromatic amines is 2. The molecule has 2 N–H and O–H groups in total. The van der Waals surface area contributed by atoms with Crippen molar-refractivity contribution < 1.29 is 0 Å². The average molecular weight is 381 g/mol. The Morgan fingerprint density at radius 1 is 1.11 bits per heavy atom. The summed E-state index contributed by atoms with van der Waals surface area (Å²) in [7, 11) is 2.19. The van der Waals surface area contributed by atoms with Crippen LogP contribution in [0.15, 0.2) is 36.4 Å². The van der Waals surface area contributed by atoms with Crippen LogP contribution in [0.2, 0.25) is 5.02 Å². The molecule has 0 radical (unpaired) electrons. The van der Waals surface area contributed by atoms with Crippen molar-refractivity contribution in [2.45, 2.75) is 13.0 Å². The van der Waals surface area contributed by atoms with Gasteiger partial charge in [0.05, 0.1) is 16.6 Å². The monoisotopic (exact) mass is 380 g/mol. The summed E-state index contributed by atoms with van der Waals surface area (Å²) in [6.45, 7) is 5.43. The molecule has 0 saturated carbocycles. The standard InChI is InChI=1S/C20H21ClN6/c1-12-11-27(8-7-26(12)2)14-4-6-16-18(10-14)23-20(22-16)19-15-5-3-13(21)9-17(15)24-25-19/h3-6,9-10,12H,7-8,11H2,1-2H3,(H,22,23)(H,24,25)/t12-/m1/s1. The number of anilines is 1. The summed E-state index contributed by atoms with van der Waals surface area (Å²) in [5.41, 5.74) is 4.93. The molecule has 2 aromatic carbocycles. The highest BCUT2D eigenvalue weighted by Crippen LogP contribution is 2.29. The van der Waals surface area contributed by atoms with Gasteiger partial charge in [-0.2, -0.15) is 5.10 Å². The molecule has 1 aliphatic rings. The van der Waals surface area contributed by atoms with Gasteiger partial charge in [-0.1, -0.05) is 11.6 Å². The van der Waals surface area contributed by atoms with E-state index in [1.807, 2.05) is 18.2 Å². The van der Waals surface area contributed by atoms with Crippen molar-refractivity contribution >= 4 is 39.2 Å². The largest absolute Gasteiger partial charge is 0.369 e. The minimum Gasteiger partial charge on any atom is -0.369 e. The number of hydrogen-bond acceptors (Lipinski definition) is 4. The lowest BCUT2D eigenvalue weighted by Gasteiger charge is -2.39. The summed E-state index contributed by atoms with van der Waals surface area (Å²) >= 11 is 6.07. The van der Waals surface area contributed by atoms with Crippen molar-refractivity contribution in [2.75, 3.05) is 31.6 Å². The molecule has 1 atom stereocenters. The molecule has 138 valence electrons. The van der Waals surface area contributed by atoms with E-state index in [1.165, 1.54) is 5.69 Å². The lowest BCUT2D eigenvalue weighted by atomic mass is 10.1. The van der Waals surface area contributed by atoms with E-state index in [4.69, 9.17) is 16.6 Å². The van der Waals surface area contributed by atoms with Crippen molar-refractivity contribution in [2.24, 2.45) is 0 Å². The molecule has 5 rings (SSSR count). The van der Waals surface area contributed by atoms with Crippen molar-refractivity contribution in [1.29, 1.82) is 0 Å². The molecule has 0 aliphatic carbocycles. The van der Waals surface area contributed by atoms with Crippen molar-refractivity contribution in [3.05, 3.63) is 41.4 Å². The molecule has 1 saturated heterocycles. The second-order valence-electron chi connectivity index (χ2n) is 7.32. The summed E-state index contributed by atoms with van der Waals surface area (Å²) < 4.78 is 0. The zero-order chi connectivity index (χ0) is 18.5. The van der Waals surface area contributed by atoms with Crippen molar-refractivity contribution in [3.8, 4) is 11.5 Å². The zero-order valence-corrected chi connectivity index (χ0v) is 16.1. The van der Waals surface area contributed by atoms with Crippen LogP contribution >= 0.6 is 11.6 Å². The first-order valence-corrected chi connectivity index (χ1v) is 9.55. The fraction of sp³-hybridized carbons (Fsp3) is 0.300. The van der Waals surface area contributed by atoms with Crippen LogP contribution in [0.1, 0.15) is 6.92 Å². The van der Waals surface area contributed by atoms with Crippen molar-refractivity contribution in [3.63, 3.8) is 0 Å². The second kappa shape index (κ2) is 6.25. The van der Waals surface area contributed by atoms with Gasteiger partial charge in [-0.15, -0.1) is 0 Å². The molecule has 27 heavy (non-hydrogen) atoms. The number of H-pyrrole nitrogens is 2. The Labute approximate surface area is 162 Å². The fourth-order valence-corrected chi connectivity index (χ4v) is 3.93. The topological polar surface area (TPSA) is 63.8 Å². The number of piperazine rings is 1. The number of nitrogens with one attached hydrogen (secondary N) is 2. The SMILES string of the molecule is C[C@@H]1CN(c2ccc3nc(-c4n[nH]c5cc(Cl)ccc45)[nH]c3c2)CCN1C. The van der Waals surface area contributed by atoms with Gasteiger partial charge in [-0.3, -0.25) is 5.10 Å². The van der Waals surface area contributed by atoms with Crippen LogP contribution in [0, 0.1) is 0 Å². The van der Waals surface area contributed by atoms with Gasteiger partial charge in [0.2, 0.25) is 0 Å². The fourth-order valence-electron chi connectivity index (χ4n) is 3.76. The van der Waals surface area contributed by atoms with Crippen LogP contribution in [-0.2, 0) is 0 Å². The van der Waals surface area contributed by atoms with E-state index in [0.717, 1.165) is 53.1 Å². The molecule has 0 bridgehead atoms. The molecule has 7 heteroatoms. The molecule has 6 nitrogen and oxygen atoms in total. The van der Waals surface area contributed by atoms with E-state index in [9.17, 15) is 0 Å². The Bertz CT molecular complexity index is 1130. The molecule has 1 aliphatic heterocycles. The molecular formula is C20H21ClN6. The van der Waals surface area contributed by atoms with E-state index in [-0.39, 0.29) is 0 Å². The molecule has 4 aromatic rings. The number of benzene rings is 2. The molecule has 0 amide bonds. The van der Waals surface area contributed by atoms with Gasteiger partial charge in [0.1, 0.15) is 5.69 Å². The van der Waals surface area contributed by atoms with Crippen LogP contribution in [0.5, 0.6) is 0 Å². The number of halogens is 1. The predicted molar refractivity (Wildman–Crippen MR) is 110 cm³/mol. The maximum atomic E-state index is 6.07. The molecular weight excluding hydrogens is 360 g/mol. The first kappa shape index (κ1) is 16.6. The van der Waals surface area contributed by atoms with E-state index < -0.39 is 0 Å². The number of imidazole rings is 1. The third-order valence-corrected chi connectivity index (χ3v) is 5.77. The third-order valence-electron chi connectivity index (χ3n) is 5.54. The van der Waals surface area contributed by atoms with Gasteiger partial charge in [-0.05, 0) is 50.4 Å². The number of likely N-dealkylation sites (N-methyl/N-ethyl adjacent to an activating group) is 1. The third kappa shape index (κ3) is 2.85. The molecule has 0 spiro atoms. The number of rotatable bonds is 2. The lowest BCUT2D eigenvalue weighted by molar-refractivity contribution is 0.234. The van der Waals surface area contributed by atoms with E-state index in [1.54, 1.807) is 0 Å². The molecule has 3 heterocycles. The molecule has 2 aromatic heterocycles. The van der Waals surface area contributed by atoms with E-state index in [2.05, 4.69) is 57.2 Å². The van der Waals surface area contributed by atoms with Gasteiger partial charge in [-0.25, -0.2) is 4.98 Å². The smallest absolute Gasteiger partial charge is 0.159 e. The normalized spacial score (nSPS) is 18.6. The van der Waals surface area contributed by atoms with Gasteiger partial charge < -0.3 is 14.8 Å². The lowest BCUT2D eigenvalue weighted by Crippen LogP contribution is -2.50. The summed E-state index contributed by atoms with van der Waals surface area (Å²) in [4.78, 5) is 13.0. The highest BCUT2D eigenvalue weighted by Gasteiger charge is 2.21. The first-order chi connectivity index (χ1) is 13.1. The number of nitrogens with zero attached hydrogens (tertiary/aromatic N) is 4. The van der Waals surface area contributed by atoms with Crippen LogP contribution in [0.25, 0.3) is 33.5 Å². The second-order valence-corrected chi connectivity index (χ2v) is 7.76. The zero-order valence-electron chi connectivity index (χ0n) is 15.3. The van der Waals surface area contributed by atoms with Crippen LogP contribution < -0.4 is 4.90 Å². The molecule has 1 fully saturated rings. The summed E-state index contributed by atoms with van der Waals surface area (Å²) in [5.74, 6) is 0.766.